The first kappa shape index (κ1) is 20.9. The van der Waals surface area contributed by atoms with Crippen LogP contribution in [0.3, 0.4) is 0 Å². The quantitative estimate of drug-likeness (QED) is 0.601. The summed E-state index contributed by atoms with van der Waals surface area (Å²) in [4.78, 5) is 25.0. The normalized spacial score (nSPS) is 23.3. The van der Waals surface area contributed by atoms with Gasteiger partial charge in [-0.05, 0) is 50.9 Å². The highest BCUT2D eigenvalue weighted by atomic mass is 16.5. The van der Waals surface area contributed by atoms with Crippen molar-refractivity contribution in [1.29, 1.82) is 0 Å². The lowest BCUT2D eigenvalue weighted by molar-refractivity contribution is -0.133. The molecule has 0 aromatic carbocycles. The van der Waals surface area contributed by atoms with Crippen molar-refractivity contribution in [1.82, 2.24) is 10.6 Å². The van der Waals surface area contributed by atoms with Crippen molar-refractivity contribution < 1.29 is 14.3 Å². The van der Waals surface area contributed by atoms with Crippen LogP contribution < -0.4 is 10.6 Å². The molecule has 2 N–H and O–H groups in total. The molecule has 0 unspecified atom stereocenters. The molecule has 24 heavy (non-hydrogen) atoms. The molecule has 2 atom stereocenters. The average molecular weight is 341 g/mol. The van der Waals surface area contributed by atoms with E-state index in [1.807, 2.05) is 13.8 Å². The molecule has 0 bridgehead atoms. The van der Waals surface area contributed by atoms with Gasteiger partial charge in [-0.1, -0.05) is 27.2 Å². The van der Waals surface area contributed by atoms with Crippen molar-refractivity contribution in [2.45, 2.75) is 72.3 Å². The van der Waals surface area contributed by atoms with Crippen LogP contribution in [0.5, 0.6) is 0 Å². The number of carbonyl (C=O) groups excluding carboxylic acids is 2. The number of hydrogen-bond donors (Lipinski definition) is 2. The molecule has 2 amide bonds. The Morgan fingerprint density at radius 2 is 1.83 bits per heavy atom. The standard InChI is InChI=1S/C19H36N2O3/c1-5-15(4)17(19(23)20-12-7-13-24-6-2)21-18(22)16-10-8-14(3)9-11-16/h14-17H,5-13H2,1-4H3,(H,20,23)(H,21,22)/t14?,15-,16?,17+/m0/s1. The molecule has 0 radical (unpaired) electrons. The Bertz CT molecular complexity index is 379. The van der Waals surface area contributed by atoms with Crippen molar-refractivity contribution in [3.8, 4) is 0 Å². The van der Waals surface area contributed by atoms with E-state index in [1.54, 1.807) is 0 Å². The number of ether oxygens (including phenoxy) is 1. The van der Waals surface area contributed by atoms with Crippen LogP contribution in [0.25, 0.3) is 0 Å². The Balaban J connectivity index is 2.48. The second kappa shape index (κ2) is 11.5. The molecule has 1 saturated carbocycles. The predicted molar refractivity (Wildman–Crippen MR) is 96.6 cm³/mol. The van der Waals surface area contributed by atoms with Crippen LogP contribution in [0.4, 0.5) is 0 Å². The summed E-state index contributed by atoms with van der Waals surface area (Å²) in [6.07, 6.45) is 5.75. The minimum Gasteiger partial charge on any atom is -0.382 e. The van der Waals surface area contributed by atoms with Gasteiger partial charge in [0.05, 0.1) is 0 Å². The fraction of sp³-hybridized carbons (Fsp3) is 0.895. The molecular weight excluding hydrogens is 304 g/mol. The third-order valence-electron chi connectivity index (χ3n) is 5.15. The molecule has 1 fully saturated rings. The molecule has 0 aliphatic heterocycles. The van der Waals surface area contributed by atoms with E-state index in [0.29, 0.717) is 25.7 Å². The van der Waals surface area contributed by atoms with Crippen LogP contribution in [-0.2, 0) is 14.3 Å². The lowest BCUT2D eigenvalue weighted by Gasteiger charge is -2.29. The number of amides is 2. The van der Waals surface area contributed by atoms with Crippen molar-refractivity contribution in [3.05, 3.63) is 0 Å². The fourth-order valence-electron chi connectivity index (χ4n) is 3.14. The first-order valence-electron chi connectivity index (χ1n) is 9.65. The first-order chi connectivity index (χ1) is 11.5. The lowest BCUT2D eigenvalue weighted by atomic mass is 9.82. The summed E-state index contributed by atoms with van der Waals surface area (Å²) in [5, 5.41) is 5.96. The molecular formula is C19H36N2O3. The Labute approximate surface area is 147 Å². The van der Waals surface area contributed by atoms with Gasteiger partial charge in [0.2, 0.25) is 11.8 Å². The Morgan fingerprint density at radius 1 is 1.17 bits per heavy atom. The van der Waals surface area contributed by atoms with Crippen LogP contribution in [0, 0.1) is 17.8 Å². The molecule has 5 heteroatoms. The molecule has 0 spiro atoms. The Hall–Kier alpha value is -1.10. The van der Waals surface area contributed by atoms with Gasteiger partial charge >= 0.3 is 0 Å². The topological polar surface area (TPSA) is 67.4 Å². The smallest absolute Gasteiger partial charge is 0.242 e. The second-order valence-electron chi connectivity index (χ2n) is 7.17. The van der Waals surface area contributed by atoms with E-state index in [1.165, 1.54) is 0 Å². The van der Waals surface area contributed by atoms with Gasteiger partial charge in [-0.3, -0.25) is 9.59 Å². The van der Waals surface area contributed by atoms with E-state index in [9.17, 15) is 9.59 Å². The lowest BCUT2D eigenvalue weighted by Crippen LogP contribution is -2.52. The van der Waals surface area contributed by atoms with Gasteiger partial charge in [0.15, 0.2) is 0 Å². The van der Waals surface area contributed by atoms with Gasteiger partial charge in [0.25, 0.3) is 0 Å². The zero-order valence-electron chi connectivity index (χ0n) is 15.9. The summed E-state index contributed by atoms with van der Waals surface area (Å²) in [5.41, 5.74) is 0. The third-order valence-corrected chi connectivity index (χ3v) is 5.15. The summed E-state index contributed by atoms with van der Waals surface area (Å²) in [5.74, 6) is 0.893. The Kier molecular flexibility index (Phi) is 9.99. The molecule has 1 aliphatic carbocycles. The monoisotopic (exact) mass is 340 g/mol. The molecule has 5 nitrogen and oxygen atoms in total. The molecule has 0 heterocycles. The summed E-state index contributed by atoms with van der Waals surface area (Å²) < 4.78 is 5.28. The van der Waals surface area contributed by atoms with E-state index in [0.717, 1.165) is 38.5 Å². The van der Waals surface area contributed by atoms with Gasteiger partial charge < -0.3 is 15.4 Å². The van der Waals surface area contributed by atoms with Crippen LogP contribution in [-0.4, -0.2) is 37.6 Å². The average Bonchev–Trinajstić information content (AvgIpc) is 2.59. The van der Waals surface area contributed by atoms with E-state index in [2.05, 4.69) is 24.5 Å². The Morgan fingerprint density at radius 3 is 2.42 bits per heavy atom. The number of carbonyl (C=O) groups is 2. The van der Waals surface area contributed by atoms with E-state index in [4.69, 9.17) is 4.74 Å². The molecule has 1 aliphatic rings. The van der Waals surface area contributed by atoms with Crippen molar-refractivity contribution in [3.63, 3.8) is 0 Å². The largest absolute Gasteiger partial charge is 0.382 e. The molecule has 0 saturated heterocycles. The van der Waals surface area contributed by atoms with Crippen LogP contribution >= 0.6 is 0 Å². The van der Waals surface area contributed by atoms with Crippen LogP contribution in [0.1, 0.15) is 66.2 Å². The van der Waals surface area contributed by atoms with Crippen molar-refractivity contribution in [2.24, 2.45) is 17.8 Å². The van der Waals surface area contributed by atoms with Crippen LogP contribution in [0.2, 0.25) is 0 Å². The maximum absolute atomic E-state index is 12.5. The van der Waals surface area contributed by atoms with Crippen molar-refractivity contribution in [2.75, 3.05) is 19.8 Å². The molecule has 0 aromatic rings. The van der Waals surface area contributed by atoms with E-state index in [-0.39, 0.29) is 23.7 Å². The fourth-order valence-corrected chi connectivity index (χ4v) is 3.14. The number of nitrogens with one attached hydrogen (secondary N) is 2. The van der Waals surface area contributed by atoms with Crippen LogP contribution in [0.15, 0.2) is 0 Å². The van der Waals surface area contributed by atoms with Gasteiger partial charge in [-0.25, -0.2) is 0 Å². The molecule has 1 rings (SSSR count). The van der Waals surface area contributed by atoms with Gasteiger partial charge in [-0.15, -0.1) is 0 Å². The highest BCUT2D eigenvalue weighted by molar-refractivity contribution is 5.88. The van der Waals surface area contributed by atoms with Gasteiger partial charge in [-0.2, -0.15) is 0 Å². The summed E-state index contributed by atoms with van der Waals surface area (Å²) in [6, 6.07) is -0.436. The zero-order valence-corrected chi connectivity index (χ0v) is 15.9. The number of hydrogen-bond acceptors (Lipinski definition) is 3. The van der Waals surface area contributed by atoms with E-state index >= 15 is 0 Å². The molecule has 140 valence electrons. The minimum absolute atomic E-state index is 0.0525. The maximum atomic E-state index is 12.5. The third kappa shape index (κ3) is 7.20. The van der Waals surface area contributed by atoms with Gasteiger partial charge in [0, 0.05) is 25.7 Å². The summed E-state index contributed by atoms with van der Waals surface area (Å²) >= 11 is 0. The molecule has 0 aromatic heterocycles. The van der Waals surface area contributed by atoms with Crippen molar-refractivity contribution >= 4 is 11.8 Å². The SMILES string of the molecule is CCOCCCNC(=O)[C@H](NC(=O)C1CCC(C)CC1)[C@@H](C)CC. The highest BCUT2D eigenvalue weighted by Crippen LogP contribution is 2.28. The first-order valence-corrected chi connectivity index (χ1v) is 9.65. The maximum Gasteiger partial charge on any atom is 0.242 e. The predicted octanol–water partition coefficient (Wildman–Crippen LogP) is 2.89. The summed E-state index contributed by atoms with van der Waals surface area (Å²) in [6.45, 7) is 10.2. The number of rotatable bonds is 10. The summed E-state index contributed by atoms with van der Waals surface area (Å²) in [7, 11) is 0. The minimum atomic E-state index is -0.436. The van der Waals surface area contributed by atoms with Gasteiger partial charge in [0.1, 0.15) is 6.04 Å². The van der Waals surface area contributed by atoms with E-state index < -0.39 is 6.04 Å². The zero-order chi connectivity index (χ0) is 17.9. The second-order valence-corrected chi connectivity index (χ2v) is 7.17. The highest BCUT2D eigenvalue weighted by Gasteiger charge is 2.30.